The molecule has 0 unspecified atom stereocenters. The van der Waals surface area contributed by atoms with Crippen molar-refractivity contribution in [1.82, 2.24) is 9.21 Å². The van der Waals surface area contributed by atoms with E-state index in [9.17, 15) is 13.2 Å². The van der Waals surface area contributed by atoms with Crippen LogP contribution in [0.15, 0.2) is 53.4 Å². The Morgan fingerprint density at radius 1 is 1.07 bits per heavy atom. The van der Waals surface area contributed by atoms with Crippen molar-refractivity contribution in [2.45, 2.75) is 18.7 Å². The summed E-state index contributed by atoms with van der Waals surface area (Å²) < 4.78 is 32.3. The van der Waals surface area contributed by atoms with Crippen molar-refractivity contribution in [3.63, 3.8) is 0 Å². The fraction of sp³-hybridized carbons (Fsp3) is 0.350. The average molecular weight is 425 g/mol. The van der Waals surface area contributed by atoms with E-state index in [0.29, 0.717) is 42.6 Å². The first-order chi connectivity index (χ1) is 13.3. The summed E-state index contributed by atoms with van der Waals surface area (Å²) in [6.45, 7) is 4.95. The zero-order valence-electron chi connectivity index (χ0n) is 16.3. The minimum Gasteiger partial charge on any atom is -0.492 e. The van der Waals surface area contributed by atoms with Crippen LogP contribution >= 0.6 is 11.6 Å². The normalized spacial score (nSPS) is 11.5. The molecule has 2 aromatic rings. The van der Waals surface area contributed by atoms with Crippen LogP contribution < -0.4 is 4.74 Å². The Morgan fingerprint density at radius 3 is 2.39 bits per heavy atom. The van der Waals surface area contributed by atoms with E-state index < -0.39 is 10.0 Å². The minimum absolute atomic E-state index is 0.116. The number of amides is 1. The molecule has 0 aromatic heterocycles. The molecular formula is C20H25ClN2O4S. The maximum Gasteiger partial charge on any atom is 0.253 e. The van der Waals surface area contributed by atoms with Crippen LogP contribution in [0.1, 0.15) is 24.2 Å². The van der Waals surface area contributed by atoms with E-state index in [1.54, 1.807) is 57.3 Å². The SMILES string of the molecule is CCN(CC)S(=O)(=O)c1cccc(C(=O)N(C)CCOc2cccc(Cl)c2)c1. The lowest BCUT2D eigenvalue weighted by Gasteiger charge is -2.20. The molecule has 0 heterocycles. The van der Waals surface area contributed by atoms with Crippen LogP contribution in [0.3, 0.4) is 0 Å². The van der Waals surface area contributed by atoms with Gasteiger partial charge in [-0.3, -0.25) is 4.79 Å². The van der Waals surface area contributed by atoms with Gasteiger partial charge in [-0.15, -0.1) is 0 Å². The summed E-state index contributed by atoms with van der Waals surface area (Å²) in [6, 6.07) is 13.1. The molecule has 8 heteroatoms. The van der Waals surface area contributed by atoms with Crippen molar-refractivity contribution in [3.8, 4) is 5.75 Å². The fourth-order valence-electron chi connectivity index (χ4n) is 2.68. The lowest BCUT2D eigenvalue weighted by molar-refractivity contribution is 0.0773. The van der Waals surface area contributed by atoms with Gasteiger partial charge < -0.3 is 9.64 Å². The topological polar surface area (TPSA) is 66.9 Å². The maximum atomic E-state index is 12.7. The Balaban J connectivity index is 2.05. The first-order valence-corrected chi connectivity index (χ1v) is 10.9. The van der Waals surface area contributed by atoms with Gasteiger partial charge in [-0.05, 0) is 36.4 Å². The van der Waals surface area contributed by atoms with Gasteiger partial charge in [0.2, 0.25) is 10.0 Å². The molecule has 1 amide bonds. The van der Waals surface area contributed by atoms with E-state index >= 15 is 0 Å². The molecule has 0 aliphatic rings. The largest absolute Gasteiger partial charge is 0.492 e. The predicted molar refractivity (Wildman–Crippen MR) is 110 cm³/mol. The highest BCUT2D eigenvalue weighted by molar-refractivity contribution is 7.89. The summed E-state index contributed by atoms with van der Waals surface area (Å²) in [4.78, 5) is 14.3. The molecule has 0 saturated carbocycles. The lowest BCUT2D eigenvalue weighted by atomic mass is 10.2. The molecule has 0 atom stereocenters. The van der Waals surface area contributed by atoms with Crippen LogP contribution in [0.5, 0.6) is 5.75 Å². The van der Waals surface area contributed by atoms with Crippen molar-refractivity contribution in [1.29, 1.82) is 0 Å². The second-order valence-electron chi connectivity index (χ2n) is 6.15. The van der Waals surface area contributed by atoms with Crippen LogP contribution in [0, 0.1) is 0 Å². The third-order valence-corrected chi connectivity index (χ3v) is 6.54. The molecule has 0 bridgehead atoms. The number of likely N-dealkylation sites (N-methyl/N-ethyl adjacent to an activating group) is 1. The second-order valence-corrected chi connectivity index (χ2v) is 8.52. The van der Waals surface area contributed by atoms with Gasteiger partial charge in [0.05, 0.1) is 11.4 Å². The molecule has 28 heavy (non-hydrogen) atoms. The zero-order valence-corrected chi connectivity index (χ0v) is 17.8. The molecule has 2 rings (SSSR count). The summed E-state index contributed by atoms with van der Waals surface area (Å²) in [7, 11) is -1.97. The van der Waals surface area contributed by atoms with Crippen LogP contribution in [0.25, 0.3) is 0 Å². The number of carbonyl (C=O) groups excluding carboxylic acids is 1. The van der Waals surface area contributed by atoms with Gasteiger partial charge in [0.15, 0.2) is 0 Å². The van der Waals surface area contributed by atoms with Crippen LogP contribution in [-0.4, -0.2) is 56.8 Å². The molecular weight excluding hydrogens is 400 g/mol. The van der Waals surface area contributed by atoms with Crippen LogP contribution in [0.2, 0.25) is 5.02 Å². The summed E-state index contributed by atoms with van der Waals surface area (Å²) in [5.41, 5.74) is 0.318. The van der Waals surface area contributed by atoms with Crippen molar-refractivity contribution in [2.75, 3.05) is 33.3 Å². The minimum atomic E-state index is -3.61. The highest BCUT2D eigenvalue weighted by atomic mass is 35.5. The number of benzene rings is 2. The van der Waals surface area contributed by atoms with Crippen molar-refractivity contribution < 1.29 is 17.9 Å². The Kier molecular flexibility index (Phi) is 7.86. The molecule has 6 nitrogen and oxygen atoms in total. The average Bonchev–Trinajstić information content (AvgIpc) is 2.68. The van der Waals surface area contributed by atoms with E-state index in [0.717, 1.165) is 0 Å². The summed E-state index contributed by atoms with van der Waals surface area (Å²) in [6.07, 6.45) is 0. The maximum absolute atomic E-state index is 12.7. The molecule has 0 N–H and O–H groups in total. The van der Waals surface area contributed by atoms with Gasteiger partial charge in [-0.25, -0.2) is 8.42 Å². The predicted octanol–water partition coefficient (Wildman–Crippen LogP) is 3.52. The molecule has 0 aliphatic carbocycles. The summed E-state index contributed by atoms with van der Waals surface area (Å²) >= 11 is 5.91. The Hall–Kier alpha value is -2.09. The fourth-order valence-corrected chi connectivity index (χ4v) is 4.37. The monoisotopic (exact) mass is 424 g/mol. The van der Waals surface area contributed by atoms with Gasteiger partial charge in [0.1, 0.15) is 12.4 Å². The number of rotatable bonds is 9. The molecule has 0 aliphatic heterocycles. The Bertz CT molecular complexity index is 914. The number of hydrogen-bond acceptors (Lipinski definition) is 4. The number of carbonyl (C=O) groups is 1. The van der Waals surface area contributed by atoms with Gasteiger partial charge in [-0.1, -0.05) is 37.6 Å². The summed E-state index contributed by atoms with van der Waals surface area (Å²) in [5.74, 6) is 0.354. The standard InChI is InChI=1S/C20H25ClN2O4S/c1-4-23(5-2)28(25,26)19-11-6-8-16(14-19)20(24)22(3)12-13-27-18-10-7-9-17(21)15-18/h6-11,14-15H,4-5,12-13H2,1-3H3. The molecule has 0 radical (unpaired) electrons. The van der Waals surface area contributed by atoms with Crippen molar-refractivity contribution >= 4 is 27.5 Å². The third-order valence-electron chi connectivity index (χ3n) is 4.26. The molecule has 0 fully saturated rings. The Morgan fingerprint density at radius 2 is 1.75 bits per heavy atom. The number of ether oxygens (including phenoxy) is 1. The molecule has 152 valence electrons. The van der Waals surface area contributed by atoms with Crippen molar-refractivity contribution in [2.24, 2.45) is 0 Å². The van der Waals surface area contributed by atoms with Gasteiger partial charge in [0.25, 0.3) is 5.91 Å². The number of sulfonamides is 1. The summed E-state index contributed by atoms with van der Waals surface area (Å²) in [5, 5.41) is 0.577. The Labute approximate surface area is 171 Å². The highest BCUT2D eigenvalue weighted by Gasteiger charge is 2.23. The van der Waals surface area contributed by atoms with E-state index in [-0.39, 0.29) is 10.8 Å². The van der Waals surface area contributed by atoms with Gasteiger partial charge in [0, 0.05) is 30.7 Å². The van der Waals surface area contributed by atoms with E-state index in [1.165, 1.54) is 21.3 Å². The van der Waals surface area contributed by atoms with E-state index in [4.69, 9.17) is 16.3 Å². The highest BCUT2D eigenvalue weighted by Crippen LogP contribution is 2.19. The van der Waals surface area contributed by atoms with E-state index in [1.807, 2.05) is 0 Å². The van der Waals surface area contributed by atoms with Crippen molar-refractivity contribution in [3.05, 3.63) is 59.1 Å². The quantitative estimate of drug-likeness (QED) is 0.617. The first-order valence-electron chi connectivity index (χ1n) is 9.03. The zero-order chi connectivity index (χ0) is 20.7. The molecule has 0 spiro atoms. The molecule has 0 saturated heterocycles. The number of nitrogens with zero attached hydrogens (tertiary/aromatic N) is 2. The lowest BCUT2D eigenvalue weighted by Crippen LogP contribution is -2.32. The second kappa shape index (κ2) is 9.91. The van der Waals surface area contributed by atoms with Crippen LogP contribution in [0.4, 0.5) is 0 Å². The number of hydrogen-bond donors (Lipinski definition) is 0. The molecule has 2 aromatic carbocycles. The van der Waals surface area contributed by atoms with Gasteiger partial charge in [-0.2, -0.15) is 4.31 Å². The third kappa shape index (κ3) is 5.47. The smallest absolute Gasteiger partial charge is 0.253 e. The number of halogens is 1. The van der Waals surface area contributed by atoms with Gasteiger partial charge >= 0.3 is 0 Å². The first kappa shape index (κ1) is 22.2. The van der Waals surface area contributed by atoms with E-state index in [2.05, 4.69) is 0 Å². The van der Waals surface area contributed by atoms with Crippen LogP contribution in [-0.2, 0) is 10.0 Å².